The van der Waals surface area contributed by atoms with Gasteiger partial charge in [-0.3, -0.25) is 0 Å². The van der Waals surface area contributed by atoms with Crippen molar-refractivity contribution in [3.63, 3.8) is 0 Å². The first-order valence-electron chi connectivity index (χ1n) is 7.15. The van der Waals surface area contributed by atoms with E-state index in [1.807, 2.05) is 25.7 Å². The molecule has 19 heavy (non-hydrogen) atoms. The minimum absolute atomic E-state index is 0.424. The highest BCUT2D eigenvalue weighted by Crippen LogP contribution is 2.22. The van der Waals surface area contributed by atoms with Gasteiger partial charge in [0.1, 0.15) is 5.75 Å². The number of rotatable bonds is 9. The molecule has 0 spiro atoms. The van der Waals surface area contributed by atoms with E-state index < -0.39 is 0 Å². The smallest absolute Gasteiger partial charge is 0.119 e. The Morgan fingerprint density at radius 1 is 1.21 bits per heavy atom. The Hall–Kier alpha value is -0.670. The van der Waals surface area contributed by atoms with E-state index in [-0.39, 0.29) is 0 Å². The molecule has 2 nitrogen and oxygen atoms in total. The second-order valence-electron chi connectivity index (χ2n) is 5.10. The molecule has 3 heteroatoms. The second kappa shape index (κ2) is 9.27. The van der Waals surface area contributed by atoms with Gasteiger partial charge in [0.2, 0.25) is 0 Å². The third kappa shape index (κ3) is 6.35. The van der Waals surface area contributed by atoms with Crippen LogP contribution in [0, 0.1) is 5.92 Å². The van der Waals surface area contributed by atoms with E-state index >= 15 is 0 Å². The fourth-order valence-corrected chi connectivity index (χ4v) is 3.23. The average Bonchev–Trinajstić information content (AvgIpc) is 2.40. The fraction of sp³-hybridized carbons (Fsp3) is 0.625. The summed E-state index contributed by atoms with van der Waals surface area (Å²) in [4.78, 5) is 0. The van der Waals surface area contributed by atoms with Crippen molar-refractivity contribution in [2.24, 2.45) is 5.92 Å². The fourth-order valence-electron chi connectivity index (χ4n) is 1.83. The molecule has 1 atom stereocenters. The van der Waals surface area contributed by atoms with Crippen molar-refractivity contribution in [1.82, 2.24) is 5.32 Å². The molecule has 0 aliphatic carbocycles. The van der Waals surface area contributed by atoms with Gasteiger partial charge >= 0.3 is 0 Å². The molecular formula is C16H27NOS. The van der Waals surface area contributed by atoms with Gasteiger partial charge < -0.3 is 10.1 Å². The Kier molecular flexibility index (Phi) is 7.99. The van der Waals surface area contributed by atoms with Crippen molar-refractivity contribution < 1.29 is 4.74 Å². The molecule has 1 aromatic rings. The third-order valence-corrected chi connectivity index (χ3v) is 4.16. The largest absolute Gasteiger partial charge is 0.494 e. The highest BCUT2D eigenvalue weighted by Gasteiger charge is 2.09. The predicted molar refractivity (Wildman–Crippen MR) is 86.2 cm³/mol. The summed E-state index contributed by atoms with van der Waals surface area (Å²) in [7, 11) is 2.03. The van der Waals surface area contributed by atoms with Gasteiger partial charge in [-0.05, 0) is 49.8 Å². The summed E-state index contributed by atoms with van der Waals surface area (Å²) >= 11 is 2.03. The van der Waals surface area contributed by atoms with E-state index in [2.05, 4.69) is 43.4 Å². The lowest BCUT2D eigenvalue weighted by Gasteiger charge is -2.17. The maximum absolute atomic E-state index is 5.47. The van der Waals surface area contributed by atoms with E-state index in [4.69, 9.17) is 4.74 Å². The highest BCUT2D eigenvalue weighted by atomic mass is 32.2. The summed E-state index contributed by atoms with van der Waals surface area (Å²) in [5.74, 6) is 4.11. The van der Waals surface area contributed by atoms with Crippen LogP contribution in [0.5, 0.6) is 5.75 Å². The Labute approximate surface area is 122 Å². The average molecular weight is 281 g/mol. The van der Waals surface area contributed by atoms with Crippen molar-refractivity contribution in [2.75, 3.05) is 25.2 Å². The van der Waals surface area contributed by atoms with Crippen molar-refractivity contribution in [3.05, 3.63) is 29.8 Å². The molecule has 1 rings (SSSR count). The van der Waals surface area contributed by atoms with Gasteiger partial charge in [0, 0.05) is 11.8 Å². The molecule has 0 fully saturated rings. The summed E-state index contributed by atoms with van der Waals surface area (Å²) in [5.41, 5.74) is 1.34. The molecule has 0 bridgehead atoms. The van der Waals surface area contributed by atoms with E-state index in [9.17, 15) is 0 Å². The van der Waals surface area contributed by atoms with Gasteiger partial charge in [0.15, 0.2) is 0 Å². The zero-order chi connectivity index (χ0) is 14.1. The van der Waals surface area contributed by atoms with Crippen LogP contribution in [0.15, 0.2) is 24.3 Å². The first-order chi connectivity index (χ1) is 9.17. The van der Waals surface area contributed by atoms with Crippen LogP contribution in [0.25, 0.3) is 0 Å². The molecule has 1 N–H and O–H groups in total. The first-order valence-corrected chi connectivity index (χ1v) is 8.30. The van der Waals surface area contributed by atoms with Gasteiger partial charge in [-0.1, -0.05) is 26.0 Å². The minimum atomic E-state index is 0.424. The number of ether oxygens (including phenoxy) is 1. The third-order valence-electron chi connectivity index (χ3n) is 3.07. The SMILES string of the molecule is CCOc1ccc(C(CSCCC(C)C)NC)cc1. The van der Waals surface area contributed by atoms with Crippen LogP contribution in [0.3, 0.4) is 0 Å². The Balaban J connectivity index is 2.45. The molecular weight excluding hydrogens is 254 g/mol. The number of thioether (sulfide) groups is 1. The summed E-state index contributed by atoms with van der Waals surface area (Å²) in [6.45, 7) is 7.29. The molecule has 0 radical (unpaired) electrons. The van der Waals surface area contributed by atoms with Crippen LogP contribution < -0.4 is 10.1 Å². The van der Waals surface area contributed by atoms with Crippen molar-refractivity contribution in [3.8, 4) is 5.75 Å². The highest BCUT2D eigenvalue weighted by molar-refractivity contribution is 7.99. The summed E-state index contributed by atoms with van der Waals surface area (Å²) in [6.07, 6.45) is 1.30. The molecule has 0 saturated carbocycles. The lowest BCUT2D eigenvalue weighted by atomic mass is 10.1. The lowest BCUT2D eigenvalue weighted by Crippen LogP contribution is -2.19. The van der Waals surface area contributed by atoms with Crippen molar-refractivity contribution in [2.45, 2.75) is 33.2 Å². The van der Waals surface area contributed by atoms with E-state index in [0.29, 0.717) is 6.04 Å². The molecule has 0 aromatic heterocycles. The van der Waals surface area contributed by atoms with Crippen LogP contribution in [0.2, 0.25) is 0 Å². The number of hydrogen-bond acceptors (Lipinski definition) is 3. The Morgan fingerprint density at radius 2 is 1.89 bits per heavy atom. The molecule has 1 unspecified atom stereocenters. The number of hydrogen-bond donors (Lipinski definition) is 1. The maximum atomic E-state index is 5.47. The number of benzene rings is 1. The molecule has 0 amide bonds. The summed E-state index contributed by atoms with van der Waals surface area (Å²) in [6, 6.07) is 8.86. The molecule has 0 saturated heterocycles. The van der Waals surface area contributed by atoms with E-state index in [1.165, 1.54) is 17.7 Å². The molecule has 0 aliphatic rings. The van der Waals surface area contributed by atoms with Gasteiger partial charge in [0.05, 0.1) is 6.61 Å². The summed E-state index contributed by atoms with van der Waals surface area (Å²) in [5, 5.41) is 3.40. The zero-order valence-electron chi connectivity index (χ0n) is 12.6. The molecule has 0 heterocycles. The van der Waals surface area contributed by atoms with Crippen LogP contribution in [-0.2, 0) is 0 Å². The van der Waals surface area contributed by atoms with Gasteiger partial charge in [-0.25, -0.2) is 0 Å². The van der Waals surface area contributed by atoms with Gasteiger partial charge in [0.25, 0.3) is 0 Å². The van der Waals surface area contributed by atoms with Crippen LogP contribution in [0.1, 0.15) is 38.8 Å². The predicted octanol–water partition coefficient (Wildman–Crippen LogP) is 4.13. The normalized spacial score (nSPS) is 12.7. The molecule has 0 aliphatic heterocycles. The molecule has 108 valence electrons. The zero-order valence-corrected chi connectivity index (χ0v) is 13.4. The maximum Gasteiger partial charge on any atom is 0.119 e. The van der Waals surface area contributed by atoms with Crippen LogP contribution in [-0.4, -0.2) is 25.2 Å². The standard InChI is InChI=1S/C16H27NOS/c1-5-18-15-8-6-14(7-9-15)16(17-4)12-19-11-10-13(2)3/h6-9,13,16-17H,5,10-12H2,1-4H3. The first kappa shape index (κ1) is 16.4. The van der Waals surface area contributed by atoms with Crippen LogP contribution >= 0.6 is 11.8 Å². The van der Waals surface area contributed by atoms with Gasteiger partial charge in [-0.2, -0.15) is 11.8 Å². The quantitative estimate of drug-likeness (QED) is 0.688. The minimum Gasteiger partial charge on any atom is -0.494 e. The monoisotopic (exact) mass is 281 g/mol. The summed E-state index contributed by atoms with van der Waals surface area (Å²) < 4.78 is 5.47. The lowest BCUT2D eigenvalue weighted by molar-refractivity contribution is 0.340. The Bertz CT molecular complexity index is 337. The Morgan fingerprint density at radius 3 is 2.42 bits per heavy atom. The van der Waals surface area contributed by atoms with E-state index in [0.717, 1.165) is 24.0 Å². The van der Waals surface area contributed by atoms with Crippen molar-refractivity contribution in [1.29, 1.82) is 0 Å². The van der Waals surface area contributed by atoms with Gasteiger partial charge in [-0.15, -0.1) is 0 Å². The van der Waals surface area contributed by atoms with E-state index in [1.54, 1.807) is 0 Å². The van der Waals surface area contributed by atoms with Crippen LogP contribution in [0.4, 0.5) is 0 Å². The molecule has 1 aromatic carbocycles. The topological polar surface area (TPSA) is 21.3 Å². The van der Waals surface area contributed by atoms with Crippen molar-refractivity contribution >= 4 is 11.8 Å². The second-order valence-corrected chi connectivity index (χ2v) is 6.25. The number of nitrogens with one attached hydrogen (secondary N) is 1.